The molecule has 30 heavy (non-hydrogen) atoms. The van der Waals surface area contributed by atoms with Crippen LogP contribution in [0.3, 0.4) is 0 Å². The first-order valence-electron chi connectivity index (χ1n) is 9.73. The number of hydrogen-bond donors (Lipinski definition) is 1. The second kappa shape index (κ2) is 11.3. The van der Waals surface area contributed by atoms with E-state index in [1.54, 1.807) is 24.1 Å². The van der Waals surface area contributed by atoms with Crippen LogP contribution in [0.1, 0.15) is 30.0 Å². The minimum Gasteiger partial charge on any atom is -0.357 e. The number of likely N-dealkylation sites (N-methyl/N-ethyl adjacent to an activating group) is 1. The van der Waals surface area contributed by atoms with Crippen LogP contribution in [0.25, 0.3) is 0 Å². The van der Waals surface area contributed by atoms with Crippen molar-refractivity contribution < 1.29 is 14.5 Å². The fraction of sp³-hybridized carbons (Fsp3) is 0.364. The molecule has 2 aromatic rings. The molecule has 0 fully saturated rings. The van der Waals surface area contributed by atoms with Gasteiger partial charge in [-0.3, -0.25) is 19.7 Å². The summed E-state index contributed by atoms with van der Waals surface area (Å²) in [5, 5.41) is 13.4. The Bertz CT molecular complexity index is 886. The fourth-order valence-corrected chi connectivity index (χ4v) is 4.02. The maximum atomic E-state index is 13.0. The third-order valence-electron chi connectivity index (χ3n) is 4.71. The van der Waals surface area contributed by atoms with Gasteiger partial charge in [-0.25, -0.2) is 0 Å². The number of carbonyl (C=O) groups excluding carboxylic acids is 2. The SMILES string of the molecule is CCC(C(=O)NC)N(Cc1cccc(C)c1)C(=O)CSCc1ccc([N+](=O)[O-])cc1. The number of benzene rings is 2. The van der Waals surface area contributed by atoms with Gasteiger partial charge in [0.25, 0.3) is 5.69 Å². The Kier molecular flexibility index (Phi) is 8.86. The molecule has 0 heterocycles. The zero-order valence-electron chi connectivity index (χ0n) is 17.5. The number of aryl methyl sites for hydroxylation is 1. The number of nitrogens with one attached hydrogen (secondary N) is 1. The molecule has 0 bridgehead atoms. The molecule has 0 aliphatic rings. The second-order valence-electron chi connectivity index (χ2n) is 6.97. The lowest BCUT2D eigenvalue weighted by Gasteiger charge is -2.30. The summed E-state index contributed by atoms with van der Waals surface area (Å²) in [4.78, 5) is 37.3. The maximum absolute atomic E-state index is 13.0. The summed E-state index contributed by atoms with van der Waals surface area (Å²) in [6.45, 7) is 4.25. The van der Waals surface area contributed by atoms with E-state index in [1.165, 1.54) is 23.9 Å². The van der Waals surface area contributed by atoms with E-state index in [0.29, 0.717) is 18.7 Å². The summed E-state index contributed by atoms with van der Waals surface area (Å²) in [6.07, 6.45) is 0.518. The van der Waals surface area contributed by atoms with Crippen LogP contribution in [0.2, 0.25) is 0 Å². The van der Waals surface area contributed by atoms with Gasteiger partial charge in [-0.1, -0.05) is 48.9 Å². The smallest absolute Gasteiger partial charge is 0.269 e. The zero-order chi connectivity index (χ0) is 22.1. The monoisotopic (exact) mass is 429 g/mol. The molecule has 0 aromatic heterocycles. The van der Waals surface area contributed by atoms with Crippen LogP contribution in [0, 0.1) is 17.0 Å². The first kappa shape index (κ1) is 23.4. The molecule has 1 atom stereocenters. The summed E-state index contributed by atoms with van der Waals surface area (Å²) in [5.74, 6) is 0.479. The Morgan fingerprint density at radius 2 is 1.87 bits per heavy atom. The number of amides is 2. The second-order valence-corrected chi connectivity index (χ2v) is 7.95. The van der Waals surface area contributed by atoms with Crippen molar-refractivity contribution in [3.8, 4) is 0 Å². The predicted octanol–water partition coefficient (Wildman–Crippen LogP) is 3.69. The van der Waals surface area contributed by atoms with E-state index in [2.05, 4.69) is 5.32 Å². The van der Waals surface area contributed by atoms with Gasteiger partial charge in [0, 0.05) is 31.5 Å². The first-order chi connectivity index (χ1) is 14.3. The lowest BCUT2D eigenvalue weighted by atomic mass is 10.1. The van der Waals surface area contributed by atoms with Crippen molar-refractivity contribution in [3.05, 3.63) is 75.3 Å². The van der Waals surface area contributed by atoms with Gasteiger partial charge < -0.3 is 10.2 Å². The molecule has 160 valence electrons. The number of carbonyl (C=O) groups is 2. The lowest BCUT2D eigenvalue weighted by molar-refractivity contribution is -0.384. The molecule has 2 amide bonds. The van der Waals surface area contributed by atoms with Crippen LogP contribution in [0.5, 0.6) is 0 Å². The molecular weight excluding hydrogens is 402 g/mol. The first-order valence-corrected chi connectivity index (χ1v) is 10.9. The number of nitrogens with zero attached hydrogens (tertiary/aromatic N) is 2. The van der Waals surface area contributed by atoms with Crippen LogP contribution in [-0.4, -0.2) is 40.5 Å². The van der Waals surface area contributed by atoms with Gasteiger partial charge in [-0.05, 0) is 24.5 Å². The number of non-ortho nitro benzene ring substituents is 1. The van der Waals surface area contributed by atoms with E-state index >= 15 is 0 Å². The average molecular weight is 430 g/mol. The highest BCUT2D eigenvalue weighted by atomic mass is 32.2. The Labute approximate surface area is 181 Å². The molecule has 0 saturated carbocycles. The molecule has 0 aliphatic carbocycles. The van der Waals surface area contributed by atoms with Crippen molar-refractivity contribution in [1.29, 1.82) is 0 Å². The summed E-state index contributed by atoms with van der Waals surface area (Å²) in [7, 11) is 1.57. The quantitative estimate of drug-likeness (QED) is 0.459. The highest BCUT2D eigenvalue weighted by Gasteiger charge is 2.27. The summed E-state index contributed by atoms with van der Waals surface area (Å²) >= 11 is 1.43. The molecule has 1 N–H and O–H groups in total. The zero-order valence-corrected chi connectivity index (χ0v) is 18.3. The van der Waals surface area contributed by atoms with Gasteiger partial charge >= 0.3 is 0 Å². The van der Waals surface area contributed by atoms with Gasteiger partial charge in [0.05, 0.1) is 10.7 Å². The largest absolute Gasteiger partial charge is 0.357 e. The highest BCUT2D eigenvalue weighted by Crippen LogP contribution is 2.19. The van der Waals surface area contributed by atoms with Crippen molar-refractivity contribution >= 4 is 29.3 Å². The van der Waals surface area contributed by atoms with Crippen molar-refractivity contribution in [2.45, 2.75) is 38.6 Å². The molecule has 0 spiro atoms. The molecule has 0 radical (unpaired) electrons. The number of hydrogen-bond acceptors (Lipinski definition) is 5. The standard InChI is InChI=1S/C22H27N3O4S/c1-4-20(22(27)23-3)24(13-18-7-5-6-16(2)12-18)21(26)15-30-14-17-8-10-19(11-9-17)25(28)29/h5-12,20H,4,13-15H2,1-3H3,(H,23,27). The summed E-state index contributed by atoms with van der Waals surface area (Å²) < 4.78 is 0. The Hall–Kier alpha value is -2.87. The Balaban J connectivity index is 2.07. The number of nitro groups is 1. The third kappa shape index (κ3) is 6.59. The summed E-state index contributed by atoms with van der Waals surface area (Å²) in [6, 6.07) is 13.7. The fourth-order valence-electron chi connectivity index (χ4n) is 3.15. The predicted molar refractivity (Wildman–Crippen MR) is 119 cm³/mol. The number of nitro benzene ring substituents is 1. The third-order valence-corrected chi connectivity index (χ3v) is 5.70. The van der Waals surface area contributed by atoms with Gasteiger partial charge in [0.2, 0.25) is 11.8 Å². The van der Waals surface area contributed by atoms with E-state index in [-0.39, 0.29) is 23.3 Å². The van der Waals surface area contributed by atoms with Gasteiger partial charge in [-0.2, -0.15) is 0 Å². The Morgan fingerprint density at radius 1 is 1.17 bits per heavy atom. The average Bonchev–Trinajstić information content (AvgIpc) is 2.73. The van der Waals surface area contributed by atoms with Crippen molar-refractivity contribution in [2.24, 2.45) is 0 Å². The maximum Gasteiger partial charge on any atom is 0.269 e. The van der Waals surface area contributed by atoms with Gasteiger partial charge in [0.1, 0.15) is 6.04 Å². The molecule has 8 heteroatoms. The van der Waals surface area contributed by atoms with E-state index in [4.69, 9.17) is 0 Å². The van der Waals surface area contributed by atoms with E-state index in [9.17, 15) is 19.7 Å². The minimum atomic E-state index is -0.539. The van der Waals surface area contributed by atoms with E-state index in [1.807, 2.05) is 38.1 Å². The van der Waals surface area contributed by atoms with Crippen LogP contribution in [-0.2, 0) is 21.9 Å². The molecule has 0 aliphatic heterocycles. The summed E-state index contributed by atoms with van der Waals surface area (Å²) in [5.41, 5.74) is 3.02. The highest BCUT2D eigenvalue weighted by molar-refractivity contribution is 7.99. The molecule has 1 unspecified atom stereocenters. The molecule has 2 rings (SSSR count). The van der Waals surface area contributed by atoms with Crippen LogP contribution < -0.4 is 5.32 Å². The van der Waals surface area contributed by atoms with Crippen LogP contribution in [0.15, 0.2) is 48.5 Å². The van der Waals surface area contributed by atoms with Crippen LogP contribution in [0.4, 0.5) is 5.69 Å². The van der Waals surface area contributed by atoms with E-state index < -0.39 is 11.0 Å². The van der Waals surface area contributed by atoms with E-state index in [0.717, 1.165) is 16.7 Å². The normalized spacial score (nSPS) is 11.6. The van der Waals surface area contributed by atoms with Crippen molar-refractivity contribution in [3.63, 3.8) is 0 Å². The minimum absolute atomic E-state index is 0.0421. The van der Waals surface area contributed by atoms with Crippen molar-refractivity contribution in [2.75, 3.05) is 12.8 Å². The molecular formula is C22H27N3O4S. The van der Waals surface area contributed by atoms with Gasteiger partial charge in [-0.15, -0.1) is 11.8 Å². The number of rotatable bonds is 10. The van der Waals surface area contributed by atoms with Crippen LogP contribution >= 0.6 is 11.8 Å². The number of thioether (sulfide) groups is 1. The topological polar surface area (TPSA) is 92.6 Å². The van der Waals surface area contributed by atoms with Gasteiger partial charge in [0.15, 0.2) is 0 Å². The molecule has 2 aromatic carbocycles. The lowest BCUT2D eigenvalue weighted by Crippen LogP contribution is -2.48. The molecule has 0 saturated heterocycles. The molecule has 7 nitrogen and oxygen atoms in total. The van der Waals surface area contributed by atoms with Crippen molar-refractivity contribution in [1.82, 2.24) is 10.2 Å². The Morgan fingerprint density at radius 3 is 2.43 bits per heavy atom.